The Labute approximate surface area is 556 Å². The third kappa shape index (κ3) is 15.6. The van der Waals surface area contributed by atoms with Gasteiger partial charge in [-0.15, -0.1) is 0 Å². The van der Waals surface area contributed by atoms with Crippen molar-refractivity contribution in [3.05, 3.63) is 118 Å². The quantitative estimate of drug-likeness (QED) is 0.0226. The van der Waals surface area contributed by atoms with Crippen LogP contribution in [0.15, 0.2) is 79.0 Å². The molecule has 6 aromatic rings. The van der Waals surface area contributed by atoms with E-state index in [1.54, 1.807) is 30.5 Å². The molecule has 4 aliphatic carbocycles. The van der Waals surface area contributed by atoms with Crippen LogP contribution in [0.25, 0.3) is 21.3 Å². The smallest absolute Gasteiger partial charge is 0.410 e. The number of aromatic carboxylic acids is 1. The second-order valence-electron chi connectivity index (χ2n) is 28.3. The molecule has 3 aromatic carbocycles. The second-order valence-corrected chi connectivity index (χ2v) is 30.9. The number of carbonyl (C=O) groups excluding carboxylic acids is 2. The minimum atomic E-state index is -4.53. The number of hydrogen-bond donors (Lipinski definition) is 10. The van der Waals surface area contributed by atoms with Crippen molar-refractivity contribution in [3.63, 3.8) is 0 Å². The number of aryl methyl sites for hydroxylation is 1. The zero-order valence-electron chi connectivity index (χ0n) is 54.5. The van der Waals surface area contributed by atoms with Gasteiger partial charge >= 0.3 is 18.0 Å². The number of aliphatic hydroxyl groups excluding tert-OH is 3. The number of amides is 2. The number of ether oxygens (including phenoxy) is 3. The van der Waals surface area contributed by atoms with Crippen molar-refractivity contribution in [1.82, 2.24) is 30.0 Å². The molecule has 12 rings (SSSR count). The SMILES string of the molecule is Cc1c(-c2ccc(N3CCc4cccc(C(=O)Nc5nc6ccccc6s5)c4C3)nc2C(=O)O)cnn1CC12CC3(C)CC(C)(C1)CC(OCCN(CCS(=O)(=O)O)C(=O)OCc1ccc(NC[C@H](C)NC[C@@H](N)C(C)C)cc1CC[C@@H]1O[C@H](C(=O)O)[C@@H](O)[C@H](O)[C@H]1O)(C3)C2. The number of aliphatic hydroxyl groups is 3. The average molecular weight is 1350 g/mol. The number of benzene rings is 3. The van der Waals surface area contributed by atoms with Crippen molar-refractivity contribution in [2.24, 2.45) is 27.9 Å². The maximum Gasteiger partial charge on any atom is 0.410 e. The number of carboxylic acids is 2. The highest BCUT2D eigenvalue weighted by Crippen LogP contribution is 2.72. The minimum Gasteiger partial charge on any atom is -0.479 e. The first-order valence-corrected chi connectivity index (χ1v) is 35.0. The highest BCUT2D eigenvalue weighted by molar-refractivity contribution is 7.85. The predicted octanol–water partition coefficient (Wildman–Crippen LogP) is 7.28. The lowest BCUT2D eigenvalue weighted by atomic mass is 9.39. The third-order valence-corrected chi connectivity index (χ3v) is 21.6. The molecular weight excluding hydrogens is 1260 g/mol. The molecule has 2 unspecified atom stereocenters. The van der Waals surface area contributed by atoms with Crippen molar-refractivity contribution < 1.29 is 71.9 Å². The van der Waals surface area contributed by atoms with Crippen molar-refractivity contribution in [2.45, 2.75) is 167 Å². The molecule has 27 heteroatoms. The number of para-hydroxylation sites is 1. The Bertz CT molecular complexity index is 3910. The summed E-state index contributed by atoms with van der Waals surface area (Å²) in [4.78, 5) is 65.7. The lowest BCUT2D eigenvalue weighted by Gasteiger charge is -2.69. The number of thiazole rings is 1. The zero-order chi connectivity index (χ0) is 67.9. The average Bonchev–Trinajstić information content (AvgIpc) is 1.07. The Kier molecular flexibility index (Phi) is 20.2. The summed E-state index contributed by atoms with van der Waals surface area (Å²) in [6.45, 7) is 14.4. The van der Waals surface area contributed by atoms with Crippen LogP contribution in [0.5, 0.6) is 0 Å². The number of fused-ring (bicyclic) bond motifs is 2. The second kappa shape index (κ2) is 27.7. The summed E-state index contributed by atoms with van der Waals surface area (Å²) < 4.78 is 55.8. The molecule has 5 heterocycles. The summed E-state index contributed by atoms with van der Waals surface area (Å²) in [5, 5.41) is 67.5. The van der Waals surface area contributed by atoms with Gasteiger partial charge in [-0.2, -0.15) is 13.5 Å². The fraction of sp³-hybridized carbons (Fsp3) is 0.544. The Balaban J connectivity index is 0.764. The fourth-order valence-electron chi connectivity index (χ4n) is 16.3. The van der Waals surface area contributed by atoms with E-state index in [9.17, 15) is 57.7 Å². The van der Waals surface area contributed by atoms with E-state index in [0.29, 0.717) is 90.0 Å². The predicted molar refractivity (Wildman–Crippen MR) is 357 cm³/mol. The summed E-state index contributed by atoms with van der Waals surface area (Å²) in [7, 11) is -4.53. The van der Waals surface area contributed by atoms with Crippen LogP contribution >= 0.6 is 11.3 Å². The van der Waals surface area contributed by atoms with E-state index in [4.69, 9.17) is 30.0 Å². The van der Waals surface area contributed by atoms with Gasteiger partial charge in [0.05, 0.1) is 40.5 Å². The van der Waals surface area contributed by atoms with Gasteiger partial charge < -0.3 is 65.9 Å². The molecular formula is C68H88N10O15S2. The van der Waals surface area contributed by atoms with E-state index in [0.717, 1.165) is 59.1 Å². The van der Waals surface area contributed by atoms with E-state index >= 15 is 0 Å². The van der Waals surface area contributed by atoms with Crippen LogP contribution in [0.1, 0.15) is 128 Å². The van der Waals surface area contributed by atoms with Crippen LogP contribution in [0.3, 0.4) is 0 Å². The number of carbonyl (C=O) groups is 4. The fourth-order valence-corrected chi connectivity index (χ4v) is 17.6. The number of anilines is 3. The van der Waals surface area contributed by atoms with Crippen molar-refractivity contribution in [3.8, 4) is 11.1 Å². The van der Waals surface area contributed by atoms with Crippen LogP contribution in [0.4, 0.5) is 21.4 Å². The molecule has 512 valence electrons. The normalized spacial score (nSPS) is 26.1. The summed E-state index contributed by atoms with van der Waals surface area (Å²) in [5.41, 5.74) is 11.9. The zero-order valence-corrected chi connectivity index (χ0v) is 56.1. The molecule has 5 fully saturated rings. The van der Waals surface area contributed by atoms with Crippen molar-refractivity contribution in [2.75, 3.05) is 60.6 Å². The summed E-state index contributed by atoms with van der Waals surface area (Å²) in [6.07, 6.45) is -1.66. The van der Waals surface area contributed by atoms with E-state index in [2.05, 4.69) is 48.6 Å². The maximum atomic E-state index is 14.2. The van der Waals surface area contributed by atoms with Gasteiger partial charge in [0.25, 0.3) is 16.0 Å². The van der Waals surface area contributed by atoms with Gasteiger partial charge in [0.2, 0.25) is 0 Å². The molecule has 11 N–H and O–H groups in total. The number of nitrogens with one attached hydrogen (secondary N) is 3. The van der Waals surface area contributed by atoms with Gasteiger partial charge in [-0.1, -0.05) is 69.4 Å². The van der Waals surface area contributed by atoms with E-state index in [1.807, 2.05) is 72.0 Å². The number of nitrogens with zero attached hydrogens (tertiary/aromatic N) is 6. The number of hydrogen-bond acceptors (Lipinski definition) is 20. The molecule has 4 saturated carbocycles. The standard InChI is InChI=1S/C68H88N10O15S2/c1-39(2)50(69)29-70-40(3)27-71-45-16-14-44(43(26-45)15-18-52-56(79)57(80)58(81)59(93-52)62(85)86)31-91-64(87)76(23-25-95(88,89)90)22-24-92-68-35-65(5)32-66(6,36-68)34-67(33-65,37-68)38-78-41(4)48(28-72-78)46-17-19-54(74-55(46)61(83)84)77-21-20-42-10-9-11-47(49(42)30-77)60(82)75-63-73-51-12-7-8-13-53(51)94-63/h7-14,16-17,19,26,28,39-40,50,52,56-59,70-71,79-81H,15,18,20-25,27,29-38,69H2,1-6H3,(H,83,84)(H,85,86)(H,73,75,82)(H,88,89,90)/t40-,50+,52-,56-,57+,58-,59-,65?,66?,67?,68?/m0/s1. The summed E-state index contributed by atoms with van der Waals surface area (Å²) in [5.74, 6) is -2.99. The summed E-state index contributed by atoms with van der Waals surface area (Å²) in [6, 6.07) is 22.3. The highest BCUT2D eigenvalue weighted by atomic mass is 32.2. The van der Waals surface area contributed by atoms with Gasteiger partial charge in [0.1, 0.15) is 30.7 Å². The number of carboxylic acid groups (broad SMARTS) is 2. The molecule has 25 nitrogen and oxygen atoms in total. The Morgan fingerprint density at radius 1 is 0.874 bits per heavy atom. The van der Waals surface area contributed by atoms with E-state index < -0.39 is 76.6 Å². The molecule has 4 bridgehead atoms. The van der Waals surface area contributed by atoms with Gasteiger partial charge in [0, 0.05) is 86.0 Å². The van der Waals surface area contributed by atoms with Crippen LogP contribution < -0.4 is 26.6 Å². The first-order valence-electron chi connectivity index (χ1n) is 32.6. The van der Waals surface area contributed by atoms with Gasteiger partial charge in [-0.25, -0.2) is 24.4 Å². The van der Waals surface area contributed by atoms with Crippen molar-refractivity contribution >= 4 is 72.2 Å². The van der Waals surface area contributed by atoms with E-state index in [-0.39, 0.29) is 78.4 Å². The topological polar surface area (TPSA) is 364 Å². The number of aliphatic carboxylic acids is 1. The van der Waals surface area contributed by atoms with Crippen molar-refractivity contribution in [1.29, 1.82) is 0 Å². The van der Waals surface area contributed by atoms with E-state index in [1.165, 1.54) is 16.2 Å². The highest BCUT2D eigenvalue weighted by Gasteiger charge is 2.66. The molecule has 1 saturated heterocycles. The first kappa shape index (κ1) is 69.2. The molecule has 95 heavy (non-hydrogen) atoms. The molecule has 2 aliphatic heterocycles. The van der Waals surface area contributed by atoms with Gasteiger partial charge in [-0.3, -0.25) is 19.3 Å². The van der Waals surface area contributed by atoms with Gasteiger partial charge in [-0.05, 0) is 159 Å². The molecule has 6 aliphatic rings. The number of rotatable bonds is 27. The number of nitrogens with two attached hydrogens (primary N) is 1. The maximum absolute atomic E-state index is 14.2. The number of aromatic nitrogens is 4. The van der Waals surface area contributed by atoms with Crippen LogP contribution in [-0.2, 0) is 61.7 Å². The Morgan fingerprint density at radius 2 is 1.63 bits per heavy atom. The first-order chi connectivity index (χ1) is 45.0. The molecule has 0 radical (unpaired) electrons. The van der Waals surface area contributed by atoms with Crippen LogP contribution in [-0.4, -0.2) is 180 Å². The molecule has 9 atom stereocenters. The molecule has 2 amide bonds. The molecule has 0 spiro atoms. The van der Waals surface area contributed by atoms with Crippen LogP contribution in [0.2, 0.25) is 0 Å². The monoisotopic (exact) mass is 1350 g/mol. The lowest BCUT2D eigenvalue weighted by Crippen LogP contribution is -2.64. The Morgan fingerprint density at radius 3 is 2.35 bits per heavy atom. The summed E-state index contributed by atoms with van der Waals surface area (Å²) >= 11 is 1.40. The minimum absolute atomic E-state index is 0.00258. The Hall–Kier alpha value is -7.18. The molecule has 3 aromatic heterocycles. The van der Waals surface area contributed by atoms with Crippen LogP contribution in [0, 0.1) is 29.1 Å². The third-order valence-electron chi connectivity index (χ3n) is 20.0. The lowest BCUT2D eigenvalue weighted by molar-refractivity contribution is -0.248. The number of pyridine rings is 1. The largest absolute Gasteiger partial charge is 0.479 e. The van der Waals surface area contributed by atoms with Gasteiger partial charge in [0.15, 0.2) is 16.9 Å².